The average Bonchev–Trinajstić information content (AvgIpc) is 2.85. The molecular formula is C27H30O9. The molecule has 9 heteroatoms. The molecule has 0 bridgehead atoms. The fourth-order valence-corrected chi connectivity index (χ4v) is 4.11. The van der Waals surface area contributed by atoms with Crippen LogP contribution in [0.5, 0.6) is 17.2 Å². The van der Waals surface area contributed by atoms with Gasteiger partial charge in [-0.05, 0) is 51.5 Å². The molecule has 1 aliphatic rings. The molecule has 2 heterocycles. The van der Waals surface area contributed by atoms with E-state index in [-0.39, 0.29) is 33.6 Å². The zero-order valence-electron chi connectivity index (χ0n) is 20.5. The molecule has 0 radical (unpaired) electrons. The first-order valence-electron chi connectivity index (χ1n) is 11.6. The summed E-state index contributed by atoms with van der Waals surface area (Å²) in [4.78, 5) is 13.7. The molecule has 5 atom stereocenters. The van der Waals surface area contributed by atoms with Crippen LogP contribution in [0.15, 0.2) is 57.3 Å². The fraction of sp³-hybridized carbons (Fsp3) is 0.370. The van der Waals surface area contributed by atoms with Crippen molar-refractivity contribution in [1.29, 1.82) is 0 Å². The Morgan fingerprint density at radius 3 is 2.39 bits per heavy atom. The molecule has 192 valence electrons. The molecule has 4 N–H and O–H groups in total. The van der Waals surface area contributed by atoms with Crippen molar-refractivity contribution in [3.8, 4) is 28.6 Å². The fourth-order valence-electron chi connectivity index (χ4n) is 4.11. The van der Waals surface area contributed by atoms with Crippen LogP contribution in [-0.4, -0.2) is 58.2 Å². The van der Waals surface area contributed by atoms with E-state index in [9.17, 15) is 25.2 Å². The monoisotopic (exact) mass is 498 g/mol. The van der Waals surface area contributed by atoms with E-state index < -0.39 is 30.7 Å². The Kier molecular flexibility index (Phi) is 7.37. The predicted octanol–water partition coefficient (Wildman–Crippen LogP) is 2.89. The highest BCUT2D eigenvalue weighted by molar-refractivity contribution is 5.87. The topological polar surface area (TPSA) is 139 Å². The first-order valence-corrected chi connectivity index (χ1v) is 11.6. The normalized spacial score (nSPS) is 23.9. The van der Waals surface area contributed by atoms with Crippen LogP contribution in [0, 0.1) is 0 Å². The summed E-state index contributed by atoms with van der Waals surface area (Å²) in [5.41, 5.74) is 1.97. The summed E-state index contributed by atoms with van der Waals surface area (Å²) in [5.74, 6) is 0.782. The molecule has 9 nitrogen and oxygen atoms in total. The van der Waals surface area contributed by atoms with Crippen molar-refractivity contribution in [2.75, 3.05) is 7.11 Å². The maximum atomic E-state index is 13.7. The third kappa shape index (κ3) is 4.96. The van der Waals surface area contributed by atoms with Crippen molar-refractivity contribution in [2.24, 2.45) is 0 Å². The molecule has 4 rings (SSSR count). The van der Waals surface area contributed by atoms with E-state index >= 15 is 0 Å². The Balaban J connectivity index is 1.85. The van der Waals surface area contributed by atoms with Crippen molar-refractivity contribution < 1.29 is 39.1 Å². The summed E-state index contributed by atoms with van der Waals surface area (Å²) >= 11 is 0. The Morgan fingerprint density at radius 2 is 1.75 bits per heavy atom. The Hall–Kier alpha value is -3.37. The zero-order valence-corrected chi connectivity index (χ0v) is 20.5. The number of aromatic hydroxyl groups is 1. The Labute approximate surface area is 207 Å². The van der Waals surface area contributed by atoms with E-state index in [0.717, 1.165) is 5.57 Å². The van der Waals surface area contributed by atoms with Crippen LogP contribution in [0.25, 0.3) is 22.3 Å². The summed E-state index contributed by atoms with van der Waals surface area (Å²) in [5, 5.41) is 40.3. The maximum absolute atomic E-state index is 13.7. The number of ether oxygens (including phenoxy) is 3. The van der Waals surface area contributed by atoms with E-state index in [1.165, 1.54) is 31.4 Å². The van der Waals surface area contributed by atoms with Crippen LogP contribution >= 0.6 is 0 Å². The number of benzene rings is 2. The Bertz CT molecular complexity index is 1320. The van der Waals surface area contributed by atoms with Crippen LogP contribution < -0.4 is 14.9 Å². The number of aliphatic hydroxyl groups is 3. The number of allylic oxidation sites excluding steroid dienone is 2. The molecule has 0 spiro atoms. The van der Waals surface area contributed by atoms with Gasteiger partial charge in [0, 0.05) is 23.3 Å². The average molecular weight is 499 g/mol. The quantitative estimate of drug-likeness (QED) is 0.378. The minimum Gasteiger partial charge on any atom is -0.508 e. The SMILES string of the molecule is COc1cc(OC2OC(C)C(O)C(O)C2O)cc2oc(-c3ccc(O)cc3)c(CC=C(C)C)c(=O)c12. The number of phenolic OH excluding ortho intramolecular Hbond substituents is 1. The number of methoxy groups -OCH3 is 1. The lowest BCUT2D eigenvalue weighted by Gasteiger charge is -2.38. The molecule has 1 saturated heterocycles. The van der Waals surface area contributed by atoms with Crippen LogP contribution in [0.1, 0.15) is 26.3 Å². The standard InChI is InChI=1S/C27H30O9/c1-13(2)5-10-18-23(30)21-19(33-4)11-17(35-27-25(32)24(31)22(29)14(3)34-27)12-20(21)36-26(18)15-6-8-16(28)9-7-15/h5-9,11-12,14,22,24-25,27-29,31-32H,10H2,1-4H3. The summed E-state index contributed by atoms with van der Waals surface area (Å²) in [7, 11) is 1.41. The number of hydrogen-bond acceptors (Lipinski definition) is 9. The lowest BCUT2D eigenvalue weighted by molar-refractivity contribution is -0.268. The van der Waals surface area contributed by atoms with Gasteiger partial charge in [0.25, 0.3) is 0 Å². The Morgan fingerprint density at radius 1 is 1.06 bits per heavy atom. The molecule has 1 aromatic heterocycles. The van der Waals surface area contributed by atoms with Gasteiger partial charge in [-0.15, -0.1) is 0 Å². The van der Waals surface area contributed by atoms with Crippen molar-refractivity contribution in [3.63, 3.8) is 0 Å². The van der Waals surface area contributed by atoms with Crippen LogP contribution in [-0.2, 0) is 11.2 Å². The van der Waals surface area contributed by atoms with E-state index in [0.29, 0.717) is 23.3 Å². The van der Waals surface area contributed by atoms with Crippen molar-refractivity contribution >= 4 is 11.0 Å². The highest BCUT2D eigenvalue weighted by Crippen LogP contribution is 2.35. The van der Waals surface area contributed by atoms with Gasteiger partial charge in [0.05, 0.1) is 13.2 Å². The van der Waals surface area contributed by atoms with Crippen LogP contribution in [0.3, 0.4) is 0 Å². The number of aliphatic hydroxyl groups excluding tert-OH is 3. The molecule has 0 amide bonds. The first-order chi connectivity index (χ1) is 17.1. The smallest absolute Gasteiger partial charge is 0.229 e. The molecule has 1 aliphatic heterocycles. The highest BCUT2D eigenvalue weighted by Gasteiger charge is 2.43. The van der Waals surface area contributed by atoms with E-state index in [4.69, 9.17) is 18.6 Å². The molecular weight excluding hydrogens is 468 g/mol. The zero-order chi connectivity index (χ0) is 26.1. The molecule has 1 fully saturated rings. The van der Waals surface area contributed by atoms with Gasteiger partial charge >= 0.3 is 0 Å². The molecule has 0 aliphatic carbocycles. The minimum absolute atomic E-state index is 0.0812. The second-order valence-electron chi connectivity index (χ2n) is 9.07. The number of hydrogen-bond donors (Lipinski definition) is 4. The van der Waals surface area contributed by atoms with E-state index in [1.807, 2.05) is 19.9 Å². The highest BCUT2D eigenvalue weighted by atomic mass is 16.7. The first kappa shape index (κ1) is 25.7. The van der Waals surface area contributed by atoms with Gasteiger partial charge in [0.15, 0.2) is 0 Å². The van der Waals surface area contributed by atoms with Gasteiger partial charge < -0.3 is 39.1 Å². The second-order valence-corrected chi connectivity index (χ2v) is 9.07. The van der Waals surface area contributed by atoms with Gasteiger partial charge in [0.1, 0.15) is 52.3 Å². The van der Waals surface area contributed by atoms with E-state index in [2.05, 4.69) is 0 Å². The third-order valence-corrected chi connectivity index (χ3v) is 6.15. The lowest BCUT2D eigenvalue weighted by Crippen LogP contribution is -2.58. The third-order valence-electron chi connectivity index (χ3n) is 6.15. The van der Waals surface area contributed by atoms with Gasteiger partial charge in [0.2, 0.25) is 11.7 Å². The van der Waals surface area contributed by atoms with Crippen molar-refractivity contribution in [1.82, 2.24) is 0 Å². The number of phenols is 1. The van der Waals surface area contributed by atoms with E-state index in [1.54, 1.807) is 19.1 Å². The minimum atomic E-state index is -1.51. The summed E-state index contributed by atoms with van der Waals surface area (Å²) < 4.78 is 23.0. The predicted molar refractivity (Wildman–Crippen MR) is 132 cm³/mol. The van der Waals surface area contributed by atoms with Crippen molar-refractivity contribution in [2.45, 2.75) is 57.9 Å². The summed E-state index contributed by atoms with van der Waals surface area (Å²) in [6, 6.07) is 9.28. The summed E-state index contributed by atoms with van der Waals surface area (Å²) in [6.45, 7) is 5.42. The number of fused-ring (bicyclic) bond motifs is 1. The van der Waals surface area contributed by atoms with Crippen LogP contribution in [0.2, 0.25) is 0 Å². The van der Waals surface area contributed by atoms with Gasteiger partial charge in [-0.3, -0.25) is 4.79 Å². The lowest BCUT2D eigenvalue weighted by atomic mass is 10.00. The van der Waals surface area contributed by atoms with Crippen molar-refractivity contribution in [3.05, 3.63) is 63.8 Å². The largest absolute Gasteiger partial charge is 0.508 e. The van der Waals surface area contributed by atoms with Gasteiger partial charge in [-0.25, -0.2) is 0 Å². The van der Waals surface area contributed by atoms with Gasteiger partial charge in [-0.2, -0.15) is 0 Å². The van der Waals surface area contributed by atoms with Crippen LogP contribution in [0.4, 0.5) is 0 Å². The number of rotatable bonds is 6. The molecule has 3 aromatic rings. The maximum Gasteiger partial charge on any atom is 0.229 e. The second kappa shape index (κ2) is 10.3. The molecule has 5 unspecified atom stereocenters. The molecule has 2 aromatic carbocycles. The molecule has 0 saturated carbocycles. The molecule has 36 heavy (non-hydrogen) atoms. The summed E-state index contributed by atoms with van der Waals surface area (Å²) in [6.07, 6.45) is -4.04. The van der Waals surface area contributed by atoms with Gasteiger partial charge in [-0.1, -0.05) is 11.6 Å².